The van der Waals surface area contributed by atoms with Crippen molar-refractivity contribution in [3.05, 3.63) is 72.9 Å². The molecule has 0 aromatic rings. The maximum absolute atomic E-state index is 12.6. The molecule has 3 aliphatic heterocycles. The summed E-state index contributed by atoms with van der Waals surface area (Å²) in [5.41, 5.74) is 16.4. The van der Waals surface area contributed by atoms with Gasteiger partial charge in [-0.15, -0.1) is 0 Å². The minimum atomic E-state index is -2.35. The lowest BCUT2D eigenvalue weighted by Gasteiger charge is -2.45. The number of carboxylic acid groups (broad SMARTS) is 2. The predicted octanol–water partition coefficient (Wildman–Crippen LogP) is 0.463. The second-order valence-electron chi connectivity index (χ2n) is 20.1. The van der Waals surface area contributed by atoms with Crippen LogP contribution in [-0.2, 0) is 33.3 Å². The van der Waals surface area contributed by atoms with Crippen molar-refractivity contribution < 1.29 is 94.6 Å². The standard InChI is InChI=1S/C47H75NO17.C6H14N2O2/c1-27-17-15-13-11-9-7-5-6-8-10-12-14-16-18-34(64-46-44(58)41(48)43(57)30(4)63-46)24-38-40(45(59)60)37(54)26-47(61,65-38)25-36(53)35(52)20-19-31(49)21-32(50)22-33(51)23-39(55)62-29(3)28(2)42(27)56;7-4-2-1-3-5(8)6(9)10/h5-6,8,10-18,27-38,40-44,46,49-54,56-58,61H,7,9,19-26,48H2,1-4H3,(H,59,60);5H,1-4,7-8H2,(H,9,10)/b6-5+,10-8+,13-11+,14-12+,17-15+,18-16+;/t27-,28-,29-,30+,31+,32+,33+,34-,35+,36+,37-,38-,40+,41-,42+,43+,44-,46-,47+;/m0./s1. The minimum absolute atomic E-state index is 0.138. The van der Waals surface area contributed by atoms with Gasteiger partial charge in [0.15, 0.2) is 12.1 Å². The summed E-state index contributed by atoms with van der Waals surface area (Å²) in [5.74, 6) is -7.75. The van der Waals surface area contributed by atoms with Gasteiger partial charge in [-0.2, -0.15) is 0 Å². The monoisotopic (exact) mass is 1070 g/mol. The average Bonchev–Trinajstić information content (AvgIpc) is 3.32. The lowest BCUT2D eigenvalue weighted by atomic mass is 9.82. The van der Waals surface area contributed by atoms with Gasteiger partial charge in [0.2, 0.25) is 0 Å². The number of ether oxygens (including phenoxy) is 4. The zero-order valence-electron chi connectivity index (χ0n) is 43.8. The first-order chi connectivity index (χ1) is 35.3. The van der Waals surface area contributed by atoms with E-state index in [-0.39, 0.29) is 38.0 Å². The van der Waals surface area contributed by atoms with Crippen LogP contribution in [0, 0.1) is 17.8 Å². The number of hydrogen-bond donors (Lipinski definition) is 15. The first-order valence-corrected chi connectivity index (χ1v) is 26.0. The third-order valence-corrected chi connectivity index (χ3v) is 13.5. The van der Waals surface area contributed by atoms with Crippen molar-refractivity contribution in [3.63, 3.8) is 0 Å². The zero-order valence-corrected chi connectivity index (χ0v) is 43.8. The largest absolute Gasteiger partial charge is 0.481 e. The molecule has 3 aliphatic rings. The van der Waals surface area contributed by atoms with Crippen LogP contribution in [0.2, 0.25) is 0 Å². The Balaban J connectivity index is 0.00000173. The molecule has 0 aliphatic carbocycles. The molecule has 3 heterocycles. The number of aliphatic hydroxyl groups excluding tert-OH is 9. The number of cyclic esters (lactones) is 1. The van der Waals surface area contributed by atoms with E-state index in [1.165, 1.54) is 13.0 Å². The Labute approximate surface area is 440 Å². The van der Waals surface area contributed by atoms with E-state index in [0.29, 0.717) is 13.0 Å². The van der Waals surface area contributed by atoms with Crippen LogP contribution >= 0.6 is 0 Å². The van der Waals surface area contributed by atoms with Gasteiger partial charge in [0, 0.05) is 31.1 Å². The third-order valence-electron chi connectivity index (χ3n) is 13.5. The molecule has 0 amide bonds. The van der Waals surface area contributed by atoms with Crippen LogP contribution < -0.4 is 17.2 Å². The molecular formula is C53H89N3O19. The molecule has 0 spiro atoms. The molecule has 20 atom stereocenters. The lowest BCUT2D eigenvalue weighted by Crippen LogP contribution is -2.61. The topological polar surface area (TPSA) is 409 Å². The van der Waals surface area contributed by atoms with Crippen molar-refractivity contribution in [1.29, 1.82) is 0 Å². The van der Waals surface area contributed by atoms with Gasteiger partial charge in [0.25, 0.3) is 0 Å². The first-order valence-electron chi connectivity index (χ1n) is 26.0. The summed E-state index contributed by atoms with van der Waals surface area (Å²) in [6.45, 7) is 7.38. The van der Waals surface area contributed by atoms with E-state index in [9.17, 15) is 70.6 Å². The Morgan fingerprint density at radius 2 is 1.31 bits per heavy atom. The molecule has 0 aromatic carbocycles. The maximum atomic E-state index is 12.6. The van der Waals surface area contributed by atoms with Gasteiger partial charge in [-0.25, -0.2) is 0 Å². The number of nitrogens with two attached hydrogens (primary N) is 3. The van der Waals surface area contributed by atoms with Crippen LogP contribution in [0.5, 0.6) is 0 Å². The number of carbonyl (C=O) groups is 3. The van der Waals surface area contributed by atoms with Gasteiger partial charge >= 0.3 is 17.9 Å². The Hall–Kier alpha value is -3.79. The van der Waals surface area contributed by atoms with Gasteiger partial charge in [0.05, 0.1) is 79.6 Å². The number of unbranched alkanes of at least 4 members (excludes halogenated alkanes) is 1. The Morgan fingerprint density at radius 3 is 1.93 bits per heavy atom. The molecule has 0 radical (unpaired) electrons. The van der Waals surface area contributed by atoms with Crippen LogP contribution in [0.25, 0.3) is 0 Å². The van der Waals surface area contributed by atoms with Gasteiger partial charge < -0.3 is 97.4 Å². The highest BCUT2D eigenvalue weighted by atomic mass is 16.7. The molecule has 18 N–H and O–H groups in total. The van der Waals surface area contributed by atoms with E-state index in [4.69, 9.17) is 41.3 Å². The van der Waals surface area contributed by atoms with Crippen molar-refractivity contribution in [1.82, 2.24) is 0 Å². The van der Waals surface area contributed by atoms with Gasteiger partial charge in [-0.05, 0) is 71.8 Å². The summed E-state index contributed by atoms with van der Waals surface area (Å²) < 4.78 is 23.2. The molecule has 0 aromatic heterocycles. The second kappa shape index (κ2) is 34.9. The highest BCUT2D eigenvalue weighted by Crippen LogP contribution is 2.38. The highest BCUT2D eigenvalue weighted by molar-refractivity contribution is 5.73. The smallest absolute Gasteiger partial charge is 0.320 e. The van der Waals surface area contributed by atoms with Crippen molar-refractivity contribution >= 4 is 17.9 Å². The highest BCUT2D eigenvalue weighted by Gasteiger charge is 2.51. The number of aliphatic carboxylic acids is 2. The van der Waals surface area contributed by atoms with Crippen LogP contribution in [0.1, 0.15) is 111 Å². The molecule has 75 heavy (non-hydrogen) atoms. The Morgan fingerprint density at radius 1 is 0.720 bits per heavy atom. The van der Waals surface area contributed by atoms with Crippen molar-refractivity contribution in [2.24, 2.45) is 35.0 Å². The lowest BCUT2D eigenvalue weighted by molar-refractivity contribution is -0.310. The van der Waals surface area contributed by atoms with Crippen LogP contribution in [0.4, 0.5) is 0 Å². The number of hydrogen-bond acceptors (Lipinski definition) is 20. The molecule has 2 saturated heterocycles. The zero-order chi connectivity index (χ0) is 56.4. The number of esters is 1. The normalized spacial score (nSPS) is 40.9. The fraction of sp³-hybridized carbons (Fsp3) is 0.717. The van der Waals surface area contributed by atoms with E-state index in [1.54, 1.807) is 38.2 Å². The number of aliphatic hydroxyl groups is 10. The molecule has 22 heteroatoms. The third kappa shape index (κ3) is 25.0. The van der Waals surface area contributed by atoms with E-state index in [1.807, 2.05) is 49.5 Å². The van der Waals surface area contributed by atoms with Gasteiger partial charge in [-0.1, -0.05) is 93.2 Å². The van der Waals surface area contributed by atoms with Crippen LogP contribution in [-0.4, -0.2) is 189 Å². The quantitative estimate of drug-likeness (QED) is 0.116. The SMILES string of the molecule is C[C@@H]1[C@H](O)[C@@H](C)/C=C/C=C/CC/C=C/C=C/C=C/C=C/[C@H](O[C@@H]2O[C@H](C)[C@@H](O)[C@H](N)[C@@H]2O)C[C@@H]2O[C@](O)(C[C@@H](O)[C@H](O)CC[C@@H](O)C[C@@H](O)C[C@@H](O)CC(=O)O[C@H]1C)C[C@H](O)[C@H]2C(=O)O.NCCCCC(N)C(=O)O. The Bertz CT molecular complexity index is 1850. The van der Waals surface area contributed by atoms with Crippen molar-refractivity contribution in [2.75, 3.05) is 6.54 Å². The van der Waals surface area contributed by atoms with Crippen LogP contribution in [0.15, 0.2) is 72.9 Å². The van der Waals surface area contributed by atoms with E-state index in [0.717, 1.165) is 25.7 Å². The molecule has 0 saturated carbocycles. The predicted molar refractivity (Wildman–Crippen MR) is 276 cm³/mol. The van der Waals surface area contributed by atoms with Crippen LogP contribution in [0.3, 0.4) is 0 Å². The molecule has 2 bridgehead atoms. The van der Waals surface area contributed by atoms with Gasteiger partial charge in [0.1, 0.15) is 24.2 Å². The number of fused-ring (bicyclic) bond motifs is 2. The average molecular weight is 1070 g/mol. The molecule has 430 valence electrons. The first kappa shape index (κ1) is 67.3. The summed E-state index contributed by atoms with van der Waals surface area (Å²) in [5, 5.41) is 127. The summed E-state index contributed by atoms with van der Waals surface area (Å²) in [6.07, 6.45) is 4.45. The van der Waals surface area contributed by atoms with Crippen molar-refractivity contribution in [2.45, 2.75) is 215 Å². The molecule has 1 unspecified atom stereocenters. The molecular weight excluding hydrogens is 983 g/mol. The molecule has 3 rings (SSSR count). The van der Waals surface area contributed by atoms with E-state index in [2.05, 4.69) is 0 Å². The summed E-state index contributed by atoms with van der Waals surface area (Å²) in [4.78, 5) is 35.2. The number of rotatable bonds is 8. The second-order valence-corrected chi connectivity index (χ2v) is 20.1. The van der Waals surface area contributed by atoms with Crippen molar-refractivity contribution in [3.8, 4) is 0 Å². The summed E-state index contributed by atoms with van der Waals surface area (Å²) in [6, 6.07) is -1.86. The van der Waals surface area contributed by atoms with E-state index < -0.39 is 153 Å². The molecule has 22 nitrogen and oxygen atoms in total. The fourth-order valence-electron chi connectivity index (χ4n) is 8.74. The Kier molecular flexibility index (Phi) is 31.3. The fourth-order valence-corrected chi connectivity index (χ4v) is 8.74. The van der Waals surface area contributed by atoms with Gasteiger partial charge in [-0.3, -0.25) is 14.4 Å². The minimum Gasteiger partial charge on any atom is -0.481 e. The summed E-state index contributed by atoms with van der Waals surface area (Å²) >= 11 is 0. The molecule has 2 fully saturated rings. The van der Waals surface area contributed by atoms with E-state index >= 15 is 0 Å². The number of allylic oxidation sites excluding steroid dienone is 10. The number of carbonyl (C=O) groups excluding carboxylic acids is 1. The summed E-state index contributed by atoms with van der Waals surface area (Å²) in [7, 11) is 0. The maximum Gasteiger partial charge on any atom is 0.320 e. The number of carboxylic acids is 2.